The molecule has 124 valence electrons. The molecule has 1 aromatic carbocycles. The van der Waals surface area contributed by atoms with E-state index in [1.165, 1.54) is 0 Å². The fraction of sp³-hybridized carbons (Fsp3) is 0.412. The van der Waals surface area contributed by atoms with Crippen LogP contribution in [0.1, 0.15) is 20.8 Å². The first-order valence-electron chi connectivity index (χ1n) is 7.50. The van der Waals surface area contributed by atoms with E-state index in [-0.39, 0.29) is 5.91 Å². The number of aromatic nitrogens is 1. The summed E-state index contributed by atoms with van der Waals surface area (Å²) >= 11 is 1.57. The molecule has 0 radical (unpaired) electrons. The Morgan fingerprint density at radius 1 is 1.26 bits per heavy atom. The largest absolute Gasteiger partial charge is 0.383 e. The highest BCUT2D eigenvalue weighted by atomic mass is 32.1. The van der Waals surface area contributed by atoms with Crippen LogP contribution in [0, 0.1) is 5.41 Å². The van der Waals surface area contributed by atoms with Crippen molar-refractivity contribution in [3.05, 3.63) is 29.6 Å². The summed E-state index contributed by atoms with van der Waals surface area (Å²) in [7, 11) is 1.68. The molecule has 2 rings (SSSR count). The highest BCUT2D eigenvalue weighted by Gasteiger charge is 2.21. The topological polar surface area (TPSA) is 63.2 Å². The SMILES string of the molecule is COCCNc1nc(-c2ccc(NC(=O)C(C)(C)C)cc2)cs1. The lowest BCUT2D eigenvalue weighted by Gasteiger charge is -2.17. The molecule has 0 bridgehead atoms. The van der Waals surface area contributed by atoms with Crippen LogP contribution in [-0.2, 0) is 9.53 Å². The molecule has 0 saturated heterocycles. The fourth-order valence-corrected chi connectivity index (χ4v) is 2.54. The van der Waals surface area contributed by atoms with Gasteiger partial charge in [-0.1, -0.05) is 32.9 Å². The summed E-state index contributed by atoms with van der Waals surface area (Å²) in [4.78, 5) is 16.5. The van der Waals surface area contributed by atoms with Crippen LogP contribution in [0.5, 0.6) is 0 Å². The second-order valence-electron chi connectivity index (χ2n) is 6.24. The van der Waals surface area contributed by atoms with Crippen molar-refractivity contribution in [1.82, 2.24) is 4.98 Å². The van der Waals surface area contributed by atoms with Crippen LogP contribution in [0.25, 0.3) is 11.3 Å². The van der Waals surface area contributed by atoms with Crippen molar-refractivity contribution in [2.45, 2.75) is 20.8 Å². The summed E-state index contributed by atoms with van der Waals surface area (Å²) in [6, 6.07) is 7.73. The molecular weight excluding hydrogens is 310 g/mol. The van der Waals surface area contributed by atoms with E-state index in [1.807, 2.05) is 50.4 Å². The molecule has 0 aliphatic rings. The number of methoxy groups -OCH3 is 1. The summed E-state index contributed by atoms with van der Waals surface area (Å²) < 4.78 is 5.00. The van der Waals surface area contributed by atoms with Gasteiger partial charge in [0.25, 0.3) is 0 Å². The lowest BCUT2D eigenvalue weighted by Crippen LogP contribution is -2.27. The summed E-state index contributed by atoms with van der Waals surface area (Å²) in [6.07, 6.45) is 0. The third kappa shape index (κ3) is 5.04. The van der Waals surface area contributed by atoms with E-state index in [2.05, 4.69) is 15.6 Å². The Labute approximate surface area is 141 Å². The minimum atomic E-state index is -0.406. The molecule has 5 nitrogen and oxygen atoms in total. The van der Waals surface area contributed by atoms with Crippen molar-refractivity contribution in [1.29, 1.82) is 0 Å². The van der Waals surface area contributed by atoms with Gasteiger partial charge in [0.05, 0.1) is 12.3 Å². The molecule has 2 aromatic rings. The second kappa shape index (κ2) is 7.57. The van der Waals surface area contributed by atoms with Gasteiger partial charge in [-0.2, -0.15) is 0 Å². The van der Waals surface area contributed by atoms with Crippen LogP contribution >= 0.6 is 11.3 Å². The summed E-state index contributed by atoms with van der Waals surface area (Å²) in [5.41, 5.74) is 2.33. The van der Waals surface area contributed by atoms with Gasteiger partial charge >= 0.3 is 0 Å². The van der Waals surface area contributed by atoms with Crippen molar-refractivity contribution >= 4 is 28.1 Å². The van der Waals surface area contributed by atoms with Gasteiger partial charge < -0.3 is 15.4 Å². The molecule has 0 unspecified atom stereocenters. The maximum atomic E-state index is 12.0. The van der Waals surface area contributed by atoms with Gasteiger partial charge in [0.2, 0.25) is 5.91 Å². The van der Waals surface area contributed by atoms with Gasteiger partial charge in [0, 0.05) is 35.7 Å². The van der Waals surface area contributed by atoms with Gasteiger partial charge in [-0.3, -0.25) is 4.79 Å². The van der Waals surface area contributed by atoms with E-state index in [1.54, 1.807) is 18.4 Å². The number of amides is 1. The average molecular weight is 333 g/mol. The second-order valence-corrected chi connectivity index (χ2v) is 7.10. The van der Waals surface area contributed by atoms with Crippen molar-refractivity contribution in [3.63, 3.8) is 0 Å². The monoisotopic (exact) mass is 333 g/mol. The molecule has 0 aliphatic heterocycles. The Hall–Kier alpha value is -1.92. The molecule has 0 spiro atoms. The van der Waals surface area contributed by atoms with Crippen molar-refractivity contribution in [2.24, 2.45) is 5.41 Å². The van der Waals surface area contributed by atoms with Crippen LogP contribution in [0.15, 0.2) is 29.6 Å². The number of hydrogen-bond acceptors (Lipinski definition) is 5. The smallest absolute Gasteiger partial charge is 0.229 e. The Morgan fingerprint density at radius 2 is 1.96 bits per heavy atom. The molecule has 0 saturated carbocycles. The highest BCUT2D eigenvalue weighted by Crippen LogP contribution is 2.26. The van der Waals surface area contributed by atoms with Crippen molar-refractivity contribution in [3.8, 4) is 11.3 Å². The maximum absolute atomic E-state index is 12.0. The van der Waals surface area contributed by atoms with Gasteiger partial charge in [-0.05, 0) is 12.1 Å². The van der Waals surface area contributed by atoms with E-state index < -0.39 is 5.41 Å². The number of nitrogens with zero attached hydrogens (tertiary/aromatic N) is 1. The number of rotatable bonds is 6. The molecule has 1 aromatic heterocycles. The third-order valence-electron chi connectivity index (χ3n) is 3.21. The number of anilines is 2. The Kier molecular flexibility index (Phi) is 5.74. The third-order valence-corrected chi connectivity index (χ3v) is 4.01. The number of ether oxygens (including phenoxy) is 1. The van der Waals surface area contributed by atoms with Crippen LogP contribution in [0.3, 0.4) is 0 Å². The zero-order chi connectivity index (χ0) is 16.9. The van der Waals surface area contributed by atoms with Crippen LogP contribution in [-0.4, -0.2) is 31.2 Å². The molecule has 0 fully saturated rings. The molecular formula is C17H23N3O2S. The first-order valence-corrected chi connectivity index (χ1v) is 8.38. The number of thiazole rings is 1. The summed E-state index contributed by atoms with van der Waals surface area (Å²) in [5, 5.41) is 9.02. The van der Waals surface area contributed by atoms with E-state index in [0.717, 1.165) is 28.6 Å². The van der Waals surface area contributed by atoms with E-state index in [0.29, 0.717) is 6.61 Å². The molecule has 6 heteroatoms. The fourth-order valence-electron chi connectivity index (χ4n) is 1.79. The number of nitrogens with one attached hydrogen (secondary N) is 2. The standard InChI is InChI=1S/C17H23N3O2S/c1-17(2,3)15(21)19-13-7-5-12(6-8-13)14-11-23-16(20-14)18-9-10-22-4/h5-8,11H,9-10H2,1-4H3,(H,18,20)(H,19,21). The van der Waals surface area contributed by atoms with Crippen LogP contribution in [0.4, 0.5) is 10.8 Å². The predicted octanol–water partition coefficient (Wildman–Crippen LogP) is 3.85. The molecule has 1 amide bonds. The molecule has 1 heterocycles. The van der Waals surface area contributed by atoms with E-state index >= 15 is 0 Å². The number of hydrogen-bond donors (Lipinski definition) is 2. The average Bonchev–Trinajstić information content (AvgIpc) is 2.96. The van der Waals surface area contributed by atoms with Crippen molar-refractivity contribution < 1.29 is 9.53 Å². The Bertz CT molecular complexity index is 645. The minimum absolute atomic E-state index is 0.00328. The van der Waals surface area contributed by atoms with Gasteiger partial charge in [0.1, 0.15) is 0 Å². The Balaban J connectivity index is 2.01. The minimum Gasteiger partial charge on any atom is -0.383 e. The van der Waals surface area contributed by atoms with Crippen molar-refractivity contribution in [2.75, 3.05) is 30.9 Å². The van der Waals surface area contributed by atoms with Crippen LogP contribution < -0.4 is 10.6 Å². The van der Waals surface area contributed by atoms with Gasteiger partial charge in [-0.25, -0.2) is 4.98 Å². The zero-order valence-corrected chi connectivity index (χ0v) is 14.8. The molecule has 0 atom stereocenters. The highest BCUT2D eigenvalue weighted by molar-refractivity contribution is 7.14. The summed E-state index contributed by atoms with van der Waals surface area (Å²) in [6.45, 7) is 7.07. The Morgan fingerprint density at radius 3 is 2.57 bits per heavy atom. The maximum Gasteiger partial charge on any atom is 0.229 e. The molecule has 2 N–H and O–H groups in total. The van der Waals surface area contributed by atoms with E-state index in [4.69, 9.17) is 4.74 Å². The molecule has 0 aliphatic carbocycles. The lowest BCUT2D eigenvalue weighted by atomic mass is 9.95. The number of carbonyl (C=O) groups is 1. The number of benzene rings is 1. The van der Waals surface area contributed by atoms with Crippen LogP contribution in [0.2, 0.25) is 0 Å². The quantitative estimate of drug-likeness (QED) is 0.788. The lowest BCUT2D eigenvalue weighted by molar-refractivity contribution is -0.123. The normalized spacial score (nSPS) is 11.3. The molecule has 23 heavy (non-hydrogen) atoms. The zero-order valence-electron chi connectivity index (χ0n) is 14.0. The summed E-state index contributed by atoms with van der Waals surface area (Å²) in [5.74, 6) is 0.00328. The predicted molar refractivity (Wildman–Crippen MR) is 96.0 cm³/mol. The van der Waals surface area contributed by atoms with Gasteiger partial charge in [-0.15, -0.1) is 11.3 Å². The number of carbonyl (C=O) groups excluding carboxylic acids is 1. The van der Waals surface area contributed by atoms with E-state index in [9.17, 15) is 4.79 Å². The first-order chi connectivity index (χ1) is 10.9. The first kappa shape index (κ1) is 17.4. The van der Waals surface area contributed by atoms with Gasteiger partial charge in [0.15, 0.2) is 5.13 Å².